The van der Waals surface area contributed by atoms with Gasteiger partial charge in [0.25, 0.3) is 0 Å². The predicted molar refractivity (Wildman–Crippen MR) is 347 cm³/mol. The number of esters is 3. The van der Waals surface area contributed by atoms with E-state index in [1.165, 1.54) is 20.8 Å². The Morgan fingerprint density at radius 2 is 0.680 bits per heavy atom. The highest BCUT2D eigenvalue weighted by Gasteiger charge is 2.46. The minimum Gasteiger partial charge on any atom is -0.463 e. The van der Waals surface area contributed by atoms with Gasteiger partial charge in [-0.25, -0.2) is 0 Å². The van der Waals surface area contributed by atoms with E-state index in [1.807, 2.05) is 0 Å². The first-order chi connectivity index (χ1) is 48.0. The molecule has 0 bridgehead atoms. The van der Waals surface area contributed by atoms with Crippen LogP contribution in [0.1, 0.15) is 98.3 Å². The van der Waals surface area contributed by atoms with Gasteiger partial charge in [0.05, 0.1) is 130 Å². The molecule has 0 radical (unpaired) electrons. The van der Waals surface area contributed by atoms with Gasteiger partial charge in [-0.15, -0.1) is 0 Å². The van der Waals surface area contributed by atoms with Gasteiger partial charge >= 0.3 is 17.9 Å². The molecular weight excluding hydrogens is 1330 g/mol. The number of carbonyl (C=O) groups excluding carboxylic acids is 7. The molecule has 0 aromatic carbocycles. The maximum absolute atomic E-state index is 13.6. The minimum absolute atomic E-state index is 0.0246. The van der Waals surface area contributed by atoms with Crippen LogP contribution in [0, 0.1) is 0 Å². The van der Waals surface area contributed by atoms with Gasteiger partial charge in [-0.1, -0.05) is 26.2 Å². The molecule has 16 N–H and O–H groups in total. The lowest BCUT2D eigenvalue weighted by atomic mass is 9.98. The monoisotopic (exact) mass is 1450 g/mol. The Hall–Kier alpha value is -4.63. The smallest absolute Gasteiger partial charge is 0.302 e. The third-order valence-corrected chi connectivity index (χ3v) is 15.5. The summed E-state index contributed by atoms with van der Waals surface area (Å²) in [5.41, 5.74) is 16.6. The maximum atomic E-state index is 13.6. The van der Waals surface area contributed by atoms with Crippen LogP contribution in [-0.2, 0) is 114 Å². The van der Waals surface area contributed by atoms with Crippen LogP contribution in [-0.4, -0.2) is 335 Å². The number of hydrogen-bond donors (Lipinski definition) is 13. The predicted octanol–water partition coefficient (Wildman–Crippen LogP) is -5.31. The summed E-state index contributed by atoms with van der Waals surface area (Å²) >= 11 is 0. The fourth-order valence-corrected chi connectivity index (χ4v) is 9.85. The summed E-state index contributed by atoms with van der Waals surface area (Å²) in [6.07, 6.45) is -9.15. The largest absolute Gasteiger partial charge is 0.463 e. The highest BCUT2D eigenvalue weighted by atomic mass is 16.7. The summed E-state index contributed by atoms with van der Waals surface area (Å²) in [7, 11) is 0. The molecule has 15 unspecified atom stereocenters. The SMILES string of the molecule is CCCCCCC(=O)NC(COCCC(=O)NCCOCCCCCOC1OC(COC(C)=O)C(O)C(O)C1N)(COCCC(=O)NCCOCCOCCOC1OC(COC(C)=O)C(O)C(O)C1N)COCCC(=O)NCCOCCOCCOC1OC(COC(C)=O)C(O)C(O)C1N. The number of nitrogens with one attached hydrogen (secondary N) is 4. The number of unbranched alkanes of at least 4 members (excludes halogenated alkanes) is 5. The third-order valence-electron chi connectivity index (χ3n) is 15.5. The van der Waals surface area contributed by atoms with Crippen molar-refractivity contribution in [2.24, 2.45) is 17.2 Å². The van der Waals surface area contributed by atoms with Crippen LogP contribution < -0.4 is 38.5 Å². The lowest BCUT2D eigenvalue weighted by molar-refractivity contribution is -0.268. The zero-order chi connectivity index (χ0) is 73.5. The third kappa shape index (κ3) is 38.2. The van der Waals surface area contributed by atoms with Crippen molar-refractivity contribution in [1.29, 1.82) is 0 Å². The molecule has 4 amide bonds. The molecular formula is C63H115N7O30. The molecule has 0 aromatic rings. The molecule has 0 aromatic heterocycles. The lowest BCUT2D eigenvalue weighted by Crippen LogP contribution is -2.62. The summed E-state index contributed by atoms with van der Waals surface area (Å²) in [6, 6.07) is -3.14. The van der Waals surface area contributed by atoms with Crippen molar-refractivity contribution in [1.82, 2.24) is 21.3 Å². The van der Waals surface area contributed by atoms with Crippen LogP contribution >= 0.6 is 0 Å². The number of nitrogens with two attached hydrogens (primary N) is 3. The zero-order valence-corrected chi connectivity index (χ0v) is 58.3. The molecule has 3 aliphatic rings. The molecule has 3 heterocycles. The van der Waals surface area contributed by atoms with Crippen LogP contribution in [0.25, 0.3) is 0 Å². The van der Waals surface area contributed by atoms with E-state index < -0.39 is 115 Å². The quantitative estimate of drug-likeness (QED) is 0.0154. The van der Waals surface area contributed by atoms with Crippen molar-refractivity contribution in [3.63, 3.8) is 0 Å². The Bertz CT molecular complexity index is 2040. The topological polar surface area (TPSA) is 524 Å². The molecule has 3 rings (SSSR count). The second-order valence-electron chi connectivity index (χ2n) is 24.0. The Balaban J connectivity index is 1.44. The molecule has 37 nitrogen and oxygen atoms in total. The fraction of sp³-hybridized carbons (Fsp3) is 0.889. The number of rotatable bonds is 57. The van der Waals surface area contributed by atoms with Gasteiger partial charge in [0, 0.05) is 79.3 Å². The highest BCUT2D eigenvalue weighted by Crippen LogP contribution is 2.25. The number of carbonyl (C=O) groups is 7. The summed E-state index contributed by atoms with van der Waals surface area (Å²) in [5.74, 6) is -3.05. The standard InChI is InChI=1S/C63H115N7O30/c1-5-6-7-9-12-50(77)70-63(38-89-21-13-47(74)67-16-24-84-19-10-8-11-20-92-60-51(64)57(81)54(78)44(98-60)35-95-41(2)71,39-90-22-14-48(75)68-17-25-85-27-29-87-31-33-93-61-52(65)58(82)55(79)45(99-61)36-96-42(3)72)40-91-23-15-49(76)69-18-26-86-28-30-88-32-34-94-62-53(66)59(83)56(80)46(100-62)37-97-43(4)73/h44-46,51-62,78-83H,5-40,64-66H2,1-4H3,(H,67,74)(H,68,75)(H,69,76)(H,70,77). The molecule has 0 saturated carbocycles. The molecule has 0 aliphatic carbocycles. The maximum Gasteiger partial charge on any atom is 0.302 e. The number of aliphatic hydroxyl groups excluding tert-OH is 6. The Morgan fingerprint density at radius 3 is 1.04 bits per heavy atom. The van der Waals surface area contributed by atoms with E-state index >= 15 is 0 Å². The molecule has 100 heavy (non-hydrogen) atoms. The van der Waals surface area contributed by atoms with Crippen LogP contribution in [0.15, 0.2) is 0 Å². The zero-order valence-electron chi connectivity index (χ0n) is 58.3. The van der Waals surface area contributed by atoms with Crippen molar-refractivity contribution >= 4 is 41.5 Å². The van der Waals surface area contributed by atoms with Crippen molar-refractivity contribution in [2.45, 2.75) is 196 Å². The average molecular weight is 1450 g/mol. The Labute approximate surface area is 583 Å². The van der Waals surface area contributed by atoms with Gasteiger partial charge in [-0.3, -0.25) is 33.6 Å². The van der Waals surface area contributed by atoms with Crippen molar-refractivity contribution < 1.29 is 145 Å². The second-order valence-corrected chi connectivity index (χ2v) is 24.0. The molecule has 3 fully saturated rings. The van der Waals surface area contributed by atoms with E-state index in [0.29, 0.717) is 32.3 Å². The minimum atomic E-state index is -1.38. The number of aliphatic hydroxyl groups is 6. The van der Waals surface area contributed by atoms with E-state index in [4.69, 9.17) is 97.7 Å². The van der Waals surface area contributed by atoms with E-state index in [2.05, 4.69) is 28.2 Å². The fourth-order valence-electron chi connectivity index (χ4n) is 9.85. The average Bonchev–Trinajstić information content (AvgIpc) is 0.834. The molecule has 3 saturated heterocycles. The van der Waals surface area contributed by atoms with Crippen LogP contribution in [0.3, 0.4) is 0 Å². The first kappa shape index (κ1) is 89.6. The van der Waals surface area contributed by atoms with Crippen LogP contribution in [0.5, 0.6) is 0 Å². The number of hydrogen-bond acceptors (Lipinski definition) is 33. The summed E-state index contributed by atoms with van der Waals surface area (Å²) < 4.78 is 94.4. The summed E-state index contributed by atoms with van der Waals surface area (Å²) in [5, 5.41) is 73.0. The molecule has 3 aliphatic heterocycles. The van der Waals surface area contributed by atoms with Gasteiger partial charge < -0.3 is 150 Å². The van der Waals surface area contributed by atoms with E-state index in [9.17, 15) is 64.2 Å². The summed E-state index contributed by atoms with van der Waals surface area (Å²) in [4.78, 5) is 85.9. The van der Waals surface area contributed by atoms with E-state index in [-0.39, 0.29) is 208 Å². The van der Waals surface area contributed by atoms with Gasteiger partial charge in [0.2, 0.25) is 23.6 Å². The first-order valence-corrected chi connectivity index (χ1v) is 34.3. The highest BCUT2D eigenvalue weighted by molar-refractivity contribution is 5.77. The van der Waals surface area contributed by atoms with Crippen LogP contribution in [0.4, 0.5) is 0 Å². The number of amides is 4. The van der Waals surface area contributed by atoms with Crippen LogP contribution in [0.2, 0.25) is 0 Å². The molecule has 582 valence electrons. The lowest BCUT2D eigenvalue weighted by Gasteiger charge is -2.40. The van der Waals surface area contributed by atoms with Gasteiger partial charge in [0.1, 0.15) is 80.3 Å². The molecule has 0 spiro atoms. The second kappa shape index (κ2) is 53.2. The van der Waals surface area contributed by atoms with Gasteiger partial charge in [0.15, 0.2) is 18.9 Å². The normalized spacial score (nSPS) is 25.9. The van der Waals surface area contributed by atoms with Gasteiger partial charge in [-0.2, -0.15) is 0 Å². The van der Waals surface area contributed by atoms with Crippen molar-refractivity contribution in [3.8, 4) is 0 Å². The molecule has 37 heteroatoms. The Morgan fingerprint density at radius 1 is 0.360 bits per heavy atom. The van der Waals surface area contributed by atoms with E-state index in [0.717, 1.165) is 19.3 Å². The van der Waals surface area contributed by atoms with E-state index in [1.54, 1.807) is 0 Å². The van der Waals surface area contributed by atoms with Gasteiger partial charge in [-0.05, 0) is 25.7 Å². The van der Waals surface area contributed by atoms with Crippen molar-refractivity contribution in [3.05, 3.63) is 0 Å². The van der Waals surface area contributed by atoms with Crippen molar-refractivity contribution in [2.75, 3.05) is 165 Å². The first-order valence-electron chi connectivity index (χ1n) is 34.3. The number of ether oxygens (including phenoxy) is 17. The Kier molecular flexibility index (Phi) is 47.6. The summed E-state index contributed by atoms with van der Waals surface area (Å²) in [6.45, 7) is 6.86. The molecule has 15 atom stereocenters.